The fraction of sp³-hybridized carbons (Fsp3) is 0.400. The van der Waals surface area contributed by atoms with Crippen LogP contribution in [0.15, 0.2) is 48.8 Å². The molecule has 33 heavy (non-hydrogen) atoms. The lowest BCUT2D eigenvalue weighted by molar-refractivity contribution is 0.0115. The summed E-state index contributed by atoms with van der Waals surface area (Å²) in [6.07, 6.45) is 1.17. The number of hydrogen-bond donors (Lipinski definition) is 1. The number of hydrogen-bond acceptors (Lipinski definition) is 7. The second-order valence-corrected chi connectivity index (χ2v) is 8.95. The van der Waals surface area contributed by atoms with E-state index >= 15 is 0 Å². The van der Waals surface area contributed by atoms with Crippen LogP contribution in [-0.2, 0) is 11.3 Å². The summed E-state index contributed by atoms with van der Waals surface area (Å²) in [6.45, 7) is 7.79. The van der Waals surface area contributed by atoms with Crippen molar-refractivity contribution in [3.63, 3.8) is 0 Å². The lowest BCUT2D eigenvalue weighted by Crippen LogP contribution is -2.50. The van der Waals surface area contributed by atoms with Crippen molar-refractivity contribution in [3.8, 4) is 11.5 Å². The number of nitrogens with one attached hydrogen (secondary N) is 1. The number of carbonyl (C=O) groups excluding carboxylic acids is 1. The zero-order valence-corrected chi connectivity index (χ0v) is 19.5. The highest BCUT2D eigenvalue weighted by molar-refractivity contribution is 5.85. The number of piperazine rings is 1. The highest BCUT2D eigenvalue weighted by Crippen LogP contribution is 2.36. The summed E-state index contributed by atoms with van der Waals surface area (Å²) >= 11 is 0. The van der Waals surface area contributed by atoms with Crippen LogP contribution in [0.1, 0.15) is 38.1 Å². The molecule has 3 aromatic rings. The number of benzene rings is 2. The largest absolute Gasteiger partial charge is 0.493 e. The van der Waals surface area contributed by atoms with Gasteiger partial charge in [0, 0.05) is 31.1 Å². The predicted molar refractivity (Wildman–Crippen MR) is 125 cm³/mol. The molecule has 1 aliphatic heterocycles. The van der Waals surface area contributed by atoms with Gasteiger partial charge < -0.3 is 19.5 Å². The van der Waals surface area contributed by atoms with E-state index in [0.717, 1.165) is 22.2 Å². The number of rotatable bonds is 5. The average Bonchev–Trinajstić information content (AvgIpc) is 2.81. The quantitative estimate of drug-likeness (QED) is 0.626. The van der Waals surface area contributed by atoms with Crippen LogP contribution in [0.4, 0.5) is 4.79 Å². The molecule has 0 bridgehead atoms. The van der Waals surface area contributed by atoms with E-state index in [1.165, 1.54) is 6.33 Å². The standard InChI is InChI=1S/C25H30N4O4/c1-25(2,3)33-24(30)29-11-10-26-14-20(29)23-18-12-22(32-15-17-8-6-5-7-9-17)21(31-4)13-19(18)27-16-28-23/h5-9,12-13,16,20,26H,10-11,14-15H2,1-4H3. The molecule has 1 saturated heterocycles. The minimum absolute atomic E-state index is 0.297. The maximum atomic E-state index is 12.9. The first-order chi connectivity index (χ1) is 15.9. The Bertz CT molecular complexity index is 1110. The van der Waals surface area contributed by atoms with Crippen LogP contribution in [-0.4, -0.2) is 53.3 Å². The van der Waals surface area contributed by atoms with Gasteiger partial charge in [0.25, 0.3) is 0 Å². The van der Waals surface area contributed by atoms with E-state index < -0.39 is 5.60 Å². The Morgan fingerprint density at radius 2 is 1.94 bits per heavy atom. The first-order valence-corrected chi connectivity index (χ1v) is 11.1. The highest BCUT2D eigenvalue weighted by Gasteiger charge is 2.33. The van der Waals surface area contributed by atoms with Gasteiger partial charge in [-0.1, -0.05) is 30.3 Å². The molecule has 0 radical (unpaired) electrons. The summed E-state index contributed by atoms with van der Waals surface area (Å²) in [6, 6.07) is 13.4. The van der Waals surface area contributed by atoms with Gasteiger partial charge in [0.05, 0.1) is 24.4 Å². The van der Waals surface area contributed by atoms with E-state index in [4.69, 9.17) is 14.2 Å². The minimum atomic E-state index is -0.577. The Labute approximate surface area is 193 Å². The van der Waals surface area contributed by atoms with Gasteiger partial charge >= 0.3 is 6.09 Å². The molecule has 1 N–H and O–H groups in total. The van der Waals surface area contributed by atoms with Crippen LogP contribution in [0.25, 0.3) is 10.9 Å². The molecule has 0 spiro atoms. The molecule has 0 aliphatic carbocycles. The second kappa shape index (κ2) is 9.62. The predicted octanol–water partition coefficient (Wildman–Crippen LogP) is 4.10. The number of amides is 1. The van der Waals surface area contributed by atoms with Crippen molar-refractivity contribution in [1.82, 2.24) is 20.2 Å². The Hall–Kier alpha value is -3.39. The van der Waals surface area contributed by atoms with Gasteiger partial charge in [-0.2, -0.15) is 0 Å². The lowest BCUT2D eigenvalue weighted by Gasteiger charge is -2.37. The first-order valence-electron chi connectivity index (χ1n) is 11.1. The molecule has 2 heterocycles. The van der Waals surface area contributed by atoms with E-state index in [-0.39, 0.29) is 12.1 Å². The van der Waals surface area contributed by atoms with Gasteiger partial charge in [0.1, 0.15) is 18.5 Å². The van der Waals surface area contributed by atoms with Crippen LogP contribution in [0.3, 0.4) is 0 Å². The third-order valence-corrected chi connectivity index (χ3v) is 5.38. The Morgan fingerprint density at radius 3 is 2.67 bits per heavy atom. The molecular weight excluding hydrogens is 420 g/mol. The molecule has 1 fully saturated rings. The summed E-state index contributed by atoms with van der Waals surface area (Å²) in [5.74, 6) is 1.19. The van der Waals surface area contributed by atoms with Crippen LogP contribution < -0.4 is 14.8 Å². The molecule has 8 nitrogen and oxygen atoms in total. The zero-order chi connectivity index (χ0) is 23.4. The number of fused-ring (bicyclic) bond motifs is 1. The molecule has 4 rings (SSSR count). The summed E-state index contributed by atoms with van der Waals surface area (Å²) in [5.41, 5.74) is 1.94. The molecule has 1 atom stereocenters. The number of nitrogens with zero attached hydrogens (tertiary/aromatic N) is 3. The monoisotopic (exact) mass is 450 g/mol. The molecule has 1 unspecified atom stereocenters. The fourth-order valence-corrected chi connectivity index (χ4v) is 3.84. The van der Waals surface area contributed by atoms with Crippen molar-refractivity contribution < 1.29 is 19.0 Å². The molecule has 0 saturated carbocycles. The van der Waals surface area contributed by atoms with Crippen molar-refractivity contribution in [3.05, 3.63) is 60.0 Å². The topological polar surface area (TPSA) is 85.8 Å². The van der Waals surface area contributed by atoms with E-state index in [9.17, 15) is 4.79 Å². The fourth-order valence-electron chi connectivity index (χ4n) is 3.84. The molecule has 2 aromatic carbocycles. The SMILES string of the molecule is COc1cc2ncnc(C3CNCCN3C(=O)OC(C)(C)C)c2cc1OCc1ccccc1. The molecule has 8 heteroatoms. The van der Waals surface area contributed by atoms with E-state index in [1.807, 2.05) is 63.2 Å². The highest BCUT2D eigenvalue weighted by atomic mass is 16.6. The summed E-state index contributed by atoms with van der Waals surface area (Å²) in [7, 11) is 1.61. The van der Waals surface area contributed by atoms with Gasteiger partial charge in [-0.15, -0.1) is 0 Å². The summed E-state index contributed by atoms with van der Waals surface area (Å²) < 4.78 is 17.3. The van der Waals surface area contributed by atoms with E-state index in [2.05, 4.69) is 15.3 Å². The first kappa shape index (κ1) is 22.8. The van der Waals surface area contributed by atoms with Gasteiger partial charge in [0.15, 0.2) is 11.5 Å². The third-order valence-electron chi connectivity index (χ3n) is 5.38. The van der Waals surface area contributed by atoms with Crippen LogP contribution in [0, 0.1) is 0 Å². The number of carbonyl (C=O) groups is 1. The van der Waals surface area contributed by atoms with E-state index in [0.29, 0.717) is 37.7 Å². The Balaban J connectivity index is 1.70. The maximum Gasteiger partial charge on any atom is 0.410 e. The second-order valence-electron chi connectivity index (χ2n) is 8.95. The Morgan fingerprint density at radius 1 is 1.15 bits per heavy atom. The summed E-state index contributed by atoms with van der Waals surface area (Å²) in [4.78, 5) is 23.7. The minimum Gasteiger partial charge on any atom is -0.493 e. The smallest absolute Gasteiger partial charge is 0.410 e. The molecule has 1 aromatic heterocycles. The lowest BCUT2D eigenvalue weighted by atomic mass is 10.0. The Kier molecular flexibility index (Phi) is 6.65. The molecular formula is C25H30N4O4. The van der Waals surface area contributed by atoms with Gasteiger partial charge in [-0.3, -0.25) is 4.90 Å². The average molecular weight is 451 g/mol. The van der Waals surface area contributed by atoms with Gasteiger partial charge in [-0.25, -0.2) is 14.8 Å². The third kappa shape index (κ3) is 5.34. The molecule has 1 amide bonds. The zero-order valence-electron chi connectivity index (χ0n) is 19.5. The normalized spacial score (nSPS) is 16.5. The number of aromatic nitrogens is 2. The number of ether oxygens (including phenoxy) is 3. The van der Waals surface area contributed by atoms with Gasteiger partial charge in [-0.05, 0) is 32.4 Å². The van der Waals surface area contributed by atoms with Crippen molar-refractivity contribution in [2.45, 2.75) is 39.0 Å². The van der Waals surface area contributed by atoms with Crippen LogP contribution >= 0.6 is 0 Å². The van der Waals surface area contributed by atoms with Crippen molar-refractivity contribution >= 4 is 17.0 Å². The van der Waals surface area contributed by atoms with Crippen molar-refractivity contribution in [2.24, 2.45) is 0 Å². The summed E-state index contributed by atoms with van der Waals surface area (Å²) in [5, 5.41) is 4.17. The van der Waals surface area contributed by atoms with Crippen LogP contribution in [0.2, 0.25) is 0 Å². The number of methoxy groups -OCH3 is 1. The van der Waals surface area contributed by atoms with Crippen molar-refractivity contribution in [2.75, 3.05) is 26.7 Å². The van der Waals surface area contributed by atoms with E-state index in [1.54, 1.807) is 12.0 Å². The maximum absolute atomic E-state index is 12.9. The molecule has 1 aliphatic rings. The molecule has 174 valence electrons. The van der Waals surface area contributed by atoms with Gasteiger partial charge in [0.2, 0.25) is 0 Å². The van der Waals surface area contributed by atoms with Crippen molar-refractivity contribution in [1.29, 1.82) is 0 Å². The van der Waals surface area contributed by atoms with Crippen LogP contribution in [0.5, 0.6) is 11.5 Å².